The molecule has 6 heteroatoms. The molecule has 0 saturated carbocycles. The van der Waals surface area contributed by atoms with Crippen LogP contribution >= 0.6 is 12.4 Å². The molecule has 0 atom stereocenters. The standard InChI is InChI=1S/C18H22FN3O.ClH/c1-14-7-8-16(11-17(14)19)21-18(23)13-22(10-9-20)12-15-5-3-2-4-6-15;/h2-8,11H,9-10,12-13,20H2,1H3,(H,21,23);1H. The Labute approximate surface area is 148 Å². The van der Waals surface area contributed by atoms with Gasteiger partial charge in [0.2, 0.25) is 5.91 Å². The third-order valence-corrected chi connectivity index (χ3v) is 3.52. The lowest BCUT2D eigenvalue weighted by atomic mass is 10.2. The SMILES string of the molecule is Cc1ccc(NC(=O)CN(CCN)Cc2ccccc2)cc1F.Cl. The Morgan fingerprint density at radius 1 is 1.21 bits per heavy atom. The maximum atomic E-state index is 13.5. The number of benzene rings is 2. The first kappa shape index (κ1) is 20.1. The molecular weight excluding hydrogens is 329 g/mol. The number of anilines is 1. The fourth-order valence-electron chi connectivity index (χ4n) is 2.31. The Morgan fingerprint density at radius 3 is 2.54 bits per heavy atom. The molecule has 0 radical (unpaired) electrons. The van der Waals surface area contributed by atoms with E-state index in [-0.39, 0.29) is 30.7 Å². The van der Waals surface area contributed by atoms with Crippen molar-refractivity contribution < 1.29 is 9.18 Å². The van der Waals surface area contributed by atoms with Gasteiger partial charge in [-0.2, -0.15) is 0 Å². The van der Waals surface area contributed by atoms with Crippen LogP contribution in [-0.2, 0) is 11.3 Å². The average molecular weight is 352 g/mol. The lowest BCUT2D eigenvalue weighted by Gasteiger charge is -2.21. The van der Waals surface area contributed by atoms with Gasteiger partial charge in [-0.1, -0.05) is 36.4 Å². The van der Waals surface area contributed by atoms with Gasteiger partial charge in [0.25, 0.3) is 0 Å². The van der Waals surface area contributed by atoms with E-state index in [9.17, 15) is 9.18 Å². The minimum absolute atomic E-state index is 0. The normalized spacial score (nSPS) is 10.3. The Morgan fingerprint density at radius 2 is 1.92 bits per heavy atom. The van der Waals surface area contributed by atoms with Gasteiger partial charge < -0.3 is 11.1 Å². The Kier molecular flexibility index (Phi) is 8.40. The summed E-state index contributed by atoms with van der Waals surface area (Å²) < 4.78 is 13.5. The third kappa shape index (κ3) is 6.28. The van der Waals surface area contributed by atoms with Crippen molar-refractivity contribution in [1.82, 2.24) is 4.90 Å². The molecule has 0 unspecified atom stereocenters. The number of carbonyl (C=O) groups is 1. The molecule has 0 aromatic heterocycles. The predicted molar refractivity (Wildman–Crippen MR) is 97.8 cm³/mol. The van der Waals surface area contributed by atoms with E-state index < -0.39 is 0 Å². The number of nitrogens with two attached hydrogens (primary N) is 1. The first-order chi connectivity index (χ1) is 11.1. The highest BCUT2D eigenvalue weighted by molar-refractivity contribution is 5.92. The second-order valence-electron chi connectivity index (χ2n) is 5.50. The number of rotatable bonds is 7. The van der Waals surface area contributed by atoms with E-state index in [0.29, 0.717) is 30.9 Å². The molecule has 0 heterocycles. The summed E-state index contributed by atoms with van der Waals surface area (Å²) in [5, 5.41) is 2.72. The summed E-state index contributed by atoms with van der Waals surface area (Å²) in [4.78, 5) is 14.1. The summed E-state index contributed by atoms with van der Waals surface area (Å²) in [6, 6.07) is 14.6. The molecule has 2 aromatic rings. The summed E-state index contributed by atoms with van der Waals surface area (Å²) in [7, 11) is 0. The number of amides is 1. The van der Waals surface area contributed by atoms with Crippen molar-refractivity contribution >= 4 is 24.0 Å². The number of nitrogens with zero attached hydrogens (tertiary/aromatic N) is 1. The van der Waals surface area contributed by atoms with E-state index in [1.165, 1.54) is 6.07 Å². The summed E-state index contributed by atoms with van der Waals surface area (Å²) in [5.41, 5.74) is 7.76. The quantitative estimate of drug-likeness (QED) is 0.806. The highest BCUT2D eigenvalue weighted by Crippen LogP contribution is 2.13. The number of hydrogen-bond acceptors (Lipinski definition) is 3. The van der Waals surface area contributed by atoms with Gasteiger partial charge in [0.15, 0.2) is 0 Å². The van der Waals surface area contributed by atoms with Crippen molar-refractivity contribution in [1.29, 1.82) is 0 Å². The zero-order valence-electron chi connectivity index (χ0n) is 13.7. The highest BCUT2D eigenvalue weighted by atomic mass is 35.5. The van der Waals surface area contributed by atoms with E-state index in [2.05, 4.69) is 5.32 Å². The lowest BCUT2D eigenvalue weighted by molar-refractivity contribution is -0.117. The average Bonchev–Trinajstić information content (AvgIpc) is 2.52. The van der Waals surface area contributed by atoms with Crippen molar-refractivity contribution in [2.45, 2.75) is 13.5 Å². The molecule has 0 aliphatic carbocycles. The van der Waals surface area contributed by atoms with Crippen LogP contribution in [0.1, 0.15) is 11.1 Å². The number of hydrogen-bond donors (Lipinski definition) is 2. The van der Waals surface area contributed by atoms with Gasteiger partial charge in [-0.05, 0) is 30.2 Å². The number of halogens is 2. The molecule has 2 aromatic carbocycles. The van der Waals surface area contributed by atoms with Gasteiger partial charge in [0.05, 0.1) is 6.54 Å². The third-order valence-electron chi connectivity index (χ3n) is 3.52. The van der Waals surface area contributed by atoms with Crippen LogP contribution in [-0.4, -0.2) is 30.4 Å². The van der Waals surface area contributed by atoms with Gasteiger partial charge in [0, 0.05) is 25.3 Å². The molecule has 0 aliphatic heterocycles. The fourth-order valence-corrected chi connectivity index (χ4v) is 2.31. The topological polar surface area (TPSA) is 58.4 Å². The van der Waals surface area contributed by atoms with E-state index in [1.54, 1.807) is 19.1 Å². The van der Waals surface area contributed by atoms with Crippen LogP contribution in [0.15, 0.2) is 48.5 Å². The van der Waals surface area contributed by atoms with Gasteiger partial charge >= 0.3 is 0 Å². The molecular formula is C18H23ClFN3O. The summed E-state index contributed by atoms with van der Waals surface area (Å²) in [6.07, 6.45) is 0. The fraction of sp³-hybridized carbons (Fsp3) is 0.278. The van der Waals surface area contributed by atoms with Crippen LogP contribution in [0.3, 0.4) is 0 Å². The second-order valence-corrected chi connectivity index (χ2v) is 5.50. The molecule has 2 rings (SSSR count). The maximum Gasteiger partial charge on any atom is 0.238 e. The summed E-state index contributed by atoms with van der Waals surface area (Å²) in [6.45, 7) is 3.63. The number of nitrogens with one attached hydrogen (secondary N) is 1. The van der Waals surface area contributed by atoms with Crippen molar-refractivity contribution in [2.75, 3.05) is 25.0 Å². The molecule has 130 valence electrons. The van der Waals surface area contributed by atoms with E-state index in [1.807, 2.05) is 35.2 Å². The second kappa shape index (κ2) is 10.0. The van der Waals surface area contributed by atoms with Gasteiger partial charge in [-0.3, -0.25) is 9.69 Å². The molecule has 3 N–H and O–H groups in total. The van der Waals surface area contributed by atoms with E-state index in [0.717, 1.165) is 5.56 Å². The van der Waals surface area contributed by atoms with Crippen molar-refractivity contribution in [3.63, 3.8) is 0 Å². The molecule has 0 spiro atoms. The zero-order chi connectivity index (χ0) is 16.7. The Balaban J connectivity index is 0.00000288. The molecule has 0 saturated heterocycles. The lowest BCUT2D eigenvalue weighted by Crippen LogP contribution is -2.36. The first-order valence-electron chi connectivity index (χ1n) is 7.61. The van der Waals surface area contributed by atoms with Crippen LogP contribution in [0.5, 0.6) is 0 Å². The van der Waals surface area contributed by atoms with Crippen molar-refractivity contribution in [3.8, 4) is 0 Å². The van der Waals surface area contributed by atoms with Crippen molar-refractivity contribution in [2.24, 2.45) is 5.73 Å². The number of aryl methyl sites for hydroxylation is 1. The van der Waals surface area contributed by atoms with Gasteiger partial charge in [-0.15, -0.1) is 12.4 Å². The smallest absolute Gasteiger partial charge is 0.238 e. The van der Waals surface area contributed by atoms with Crippen LogP contribution in [0, 0.1) is 12.7 Å². The Bertz CT molecular complexity index is 652. The molecule has 1 amide bonds. The molecule has 0 fully saturated rings. The van der Waals surface area contributed by atoms with Gasteiger partial charge in [-0.25, -0.2) is 4.39 Å². The molecule has 4 nitrogen and oxygen atoms in total. The summed E-state index contributed by atoms with van der Waals surface area (Å²) in [5.74, 6) is -0.511. The monoisotopic (exact) mass is 351 g/mol. The highest BCUT2D eigenvalue weighted by Gasteiger charge is 2.11. The van der Waals surface area contributed by atoms with Crippen molar-refractivity contribution in [3.05, 3.63) is 65.5 Å². The largest absolute Gasteiger partial charge is 0.329 e. The van der Waals surface area contributed by atoms with Crippen LogP contribution in [0.2, 0.25) is 0 Å². The minimum atomic E-state index is -0.328. The van der Waals surface area contributed by atoms with E-state index >= 15 is 0 Å². The number of carbonyl (C=O) groups excluding carboxylic acids is 1. The molecule has 0 bridgehead atoms. The maximum absolute atomic E-state index is 13.5. The summed E-state index contributed by atoms with van der Waals surface area (Å²) >= 11 is 0. The minimum Gasteiger partial charge on any atom is -0.329 e. The van der Waals surface area contributed by atoms with Crippen LogP contribution < -0.4 is 11.1 Å². The Hall–Kier alpha value is -1.95. The first-order valence-corrected chi connectivity index (χ1v) is 7.61. The molecule has 24 heavy (non-hydrogen) atoms. The van der Waals surface area contributed by atoms with Crippen LogP contribution in [0.25, 0.3) is 0 Å². The zero-order valence-corrected chi connectivity index (χ0v) is 14.5. The van der Waals surface area contributed by atoms with Crippen LogP contribution in [0.4, 0.5) is 10.1 Å². The van der Waals surface area contributed by atoms with Gasteiger partial charge in [0.1, 0.15) is 5.82 Å². The molecule has 0 aliphatic rings. The predicted octanol–water partition coefficient (Wildman–Crippen LogP) is 2.96. The van der Waals surface area contributed by atoms with E-state index in [4.69, 9.17) is 5.73 Å².